The molecule has 0 aliphatic carbocycles. The molecule has 6 heteroatoms. The summed E-state index contributed by atoms with van der Waals surface area (Å²) in [5.41, 5.74) is 0. The molecule has 0 aliphatic rings. The Hall–Kier alpha value is -3.15. The largest absolute Gasteiger partial charge is 0.462 e. The zero-order valence-corrected chi connectivity index (χ0v) is 55.5. The Morgan fingerprint density at radius 3 is 0.783 bits per heavy atom. The average Bonchev–Trinajstić information content (AvgIpc) is 3.48. The lowest BCUT2D eigenvalue weighted by Gasteiger charge is -2.18. The van der Waals surface area contributed by atoms with E-state index in [9.17, 15) is 14.4 Å². The van der Waals surface area contributed by atoms with Crippen LogP contribution < -0.4 is 0 Å². The van der Waals surface area contributed by atoms with E-state index < -0.39 is 6.10 Å². The van der Waals surface area contributed by atoms with E-state index in [1.54, 1.807) is 0 Å². The number of esters is 3. The Kier molecular flexibility index (Phi) is 68.6. The standard InChI is InChI=1S/C77H138O6/c1-4-7-10-13-16-19-22-24-26-28-30-32-34-35-36-37-38-39-40-41-43-44-46-48-50-52-55-58-61-64-67-70-76(79)82-73-74(72-81-75(78)69-66-63-60-57-54-21-18-15-12-9-6-3)83-77(80)71-68-65-62-59-56-53-51-49-47-45-42-33-31-29-27-25-23-20-17-14-11-8-5-2/h8,11,15,17-18,20,25,27,31,33,45,47,74H,4-7,9-10,12-14,16,19,21-24,26,28-30,32,34-44,46,48-73H2,1-3H3/b11-8-,18-15-,20-17-,27-25-,33-31-,47-45-. The highest BCUT2D eigenvalue weighted by atomic mass is 16.6. The van der Waals surface area contributed by atoms with Gasteiger partial charge in [-0.2, -0.15) is 0 Å². The van der Waals surface area contributed by atoms with Crippen molar-refractivity contribution in [3.63, 3.8) is 0 Å². The zero-order valence-electron chi connectivity index (χ0n) is 55.5. The molecule has 6 nitrogen and oxygen atoms in total. The van der Waals surface area contributed by atoms with Gasteiger partial charge in [0.1, 0.15) is 13.2 Å². The number of carbonyl (C=O) groups excluding carboxylic acids is 3. The summed E-state index contributed by atoms with van der Waals surface area (Å²) in [6.07, 6.45) is 93.9. The number of ether oxygens (including phenoxy) is 3. The van der Waals surface area contributed by atoms with Gasteiger partial charge < -0.3 is 14.2 Å². The summed E-state index contributed by atoms with van der Waals surface area (Å²) in [5, 5.41) is 0. The van der Waals surface area contributed by atoms with Gasteiger partial charge in [-0.05, 0) is 83.5 Å². The van der Waals surface area contributed by atoms with Gasteiger partial charge in [0.2, 0.25) is 0 Å². The maximum Gasteiger partial charge on any atom is 0.306 e. The van der Waals surface area contributed by atoms with E-state index in [0.717, 1.165) is 103 Å². The lowest BCUT2D eigenvalue weighted by Crippen LogP contribution is -2.30. The maximum atomic E-state index is 12.9. The number of hydrogen-bond acceptors (Lipinski definition) is 6. The van der Waals surface area contributed by atoms with Crippen molar-refractivity contribution in [1.29, 1.82) is 0 Å². The summed E-state index contributed by atoms with van der Waals surface area (Å²) in [5.74, 6) is -0.881. The third-order valence-corrected chi connectivity index (χ3v) is 16.2. The lowest BCUT2D eigenvalue weighted by atomic mass is 10.0. The summed E-state index contributed by atoms with van der Waals surface area (Å²) in [6, 6.07) is 0. The molecule has 0 spiro atoms. The number of rotatable bonds is 67. The predicted octanol–water partition coefficient (Wildman–Crippen LogP) is 25.2. The molecule has 0 fully saturated rings. The van der Waals surface area contributed by atoms with E-state index in [0.29, 0.717) is 19.3 Å². The summed E-state index contributed by atoms with van der Waals surface area (Å²) in [7, 11) is 0. The van der Waals surface area contributed by atoms with Crippen LogP contribution in [0.15, 0.2) is 72.9 Å². The molecule has 0 N–H and O–H groups in total. The molecule has 0 aromatic heterocycles. The van der Waals surface area contributed by atoms with Gasteiger partial charge in [0.15, 0.2) is 6.10 Å². The SMILES string of the molecule is CC/C=C\C/C=C\C/C=C\C/C=C\C/C=C\CCCCCCCCCC(=O)OC(COC(=O)CCCCCCC/C=C\CCCC)COC(=O)CCCCCCCCCCCCCCCCCCCCCCCCCCCCCCCCC. The Balaban J connectivity index is 4.16. The van der Waals surface area contributed by atoms with Crippen molar-refractivity contribution in [2.24, 2.45) is 0 Å². The monoisotopic (exact) mass is 1160 g/mol. The lowest BCUT2D eigenvalue weighted by molar-refractivity contribution is -0.167. The number of allylic oxidation sites excluding steroid dienone is 12. The van der Waals surface area contributed by atoms with Crippen molar-refractivity contribution in [1.82, 2.24) is 0 Å². The number of carbonyl (C=O) groups is 3. The summed E-state index contributed by atoms with van der Waals surface area (Å²) in [4.78, 5) is 38.4. The van der Waals surface area contributed by atoms with Crippen molar-refractivity contribution in [3.8, 4) is 0 Å². The molecule has 1 atom stereocenters. The van der Waals surface area contributed by atoms with Gasteiger partial charge in [-0.3, -0.25) is 14.4 Å². The molecule has 1 unspecified atom stereocenters. The summed E-state index contributed by atoms with van der Waals surface area (Å²) in [6.45, 7) is 6.53. The van der Waals surface area contributed by atoms with Crippen LogP contribution in [0.5, 0.6) is 0 Å². The van der Waals surface area contributed by atoms with Crippen LogP contribution in [0.2, 0.25) is 0 Å². The topological polar surface area (TPSA) is 78.9 Å². The fraction of sp³-hybridized carbons (Fsp3) is 0.805. The van der Waals surface area contributed by atoms with Gasteiger partial charge >= 0.3 is 17.9 Å². The van der Waals surface area contributed by atoms with Crippen molar-refractivity contribution < 1.29 is 28.6 Å². The minimum absolute atomic E-state index is 0.0794. The highest BCUT2D eigenvalue weighted by molar-refractivity contribution is 5.71. The minimum Gasteiger partial charge on any atom is -0.462 e. The molecule has 0 aliphatic heterocycles. The van der Waals surface area contributed by atoms with Crippen LogP contribution in [0.25, 0.3) is 0 Å². The highest BCUT2D eigenvalue weighted by Crippen LogP contribution is 2.19. The highest BCUT2D eigenvalue weighted by Gasteiger charge is 2.19. The van der Waals surface area contributed by atoms with Gasteiger partial charge in [-0.15, -0.1) is 0 Å². The van der Waals surface area contributed by atoms with E-state index in [1.165, 1.54) is 238 Å². The van der Waals surface area contributed by atoms with Crippen LogP contribution in [0.4, 0.5) is 0 Å². The third kappa shape index (κ3) is 69.5. The summed E-state index contributed by atoms with van der Waals surface area (Å²) >= 11 is 0. The molecule has 0 heterocycles. The van der Waals surface area contributed by atoms with Gasteiger partial charge in [0.25, 0.3) is 0 Å². The van der Waals surface area contributed by atoms with Crippen molar-refractivity contribution >= 4 is 17.9 Å². The normalized spacial score (nSPS) is 12.5. The molecule has 0 bridgehead atoms. The minimum atomic E-state index is -0.785. The van der Waals surface area contributed by atoms with Gasteiger partial charge in [-0.1, -0.05) is 351 Å². The van der Waals surface area contributed by atoms with Crippen LogP contribution in [-0.2, 0) is 28.6 Å². The van der Waals surface area contributed by atoms with Crippen molar-refractivity contribution in [2.75, 3.05) is 13.2 Å². The van der Waals surface area contributed by atoms with E-state index in [2.05, 4.69) is 93.7 Å². The molecule has 83 heavy (non-hydrogen) atoms. The van der Waals surface area contributed by atoms with Crippen molar-refractivity contribution in [2.45, 2.75) is 386 Å². The maximum absolute atomic E-state index is 12.9. The molecule has 0 rings (SSSR count). The zero-order chi connectivity index (χ0) is 59.9. The molecular formula is C77H138O6. The van der Waals surface area contributed by atoms with Crippen LogP contribution >= 0.6 is 0 Å². The molecule has 0 aromatic carbocycles. The molecular weight excluding hydrogens is 1020 g/mol. The Morgan fingerprint density at radius 1 is 0.253 bits per heavy atom. The van der Waals surface area contributed by atoms with Gasteiger partial charge in [-0.25, -0.2) is 0 Å². The Labute approximate surface area is 516 Å². The first kappa shape index (κ1) is 79.8. The van der Waals surface area contributed by atoms with Gasteiger partial charge in [0, 0.05) is 19.3 Å². The van der Waals surface area contributed by atoms with Crippen LogP contribution in [0, 0.1) is 0 Å². The van der Waals surface area contributed by atoms with Crippen molar-refractivity contribution in [3.05, 3.63) is 72.9 Å². The smallest absolute Gasteiger partial charge is 0.306 e. The summed E-state index contributed by atoms with van der Waals surface area (Å²) < 4.78 is 17.0. The predicted molar refractivity (Wildman–Crippen MR) is 362 cm³/mol. The molecule has 0 aromatic rings. The van der Waals surface area contributed by atoms with Crippen LogP contribution in [0.1, 0.15) is 380 Å². The van der Waals surface area contributed by atoms with Crippen LogP contribution in [0.3, 0.4) is 0 Å². The van der Waals surface area contributed by atoms with E-state index >= 15 is 0 Å². The molecule has 0 radical (unpaired) electrons. The van der Waals surface area contributed by atoms with Crippen LogP contribution in [-0.4, -0.2) is 37.2 Å². The molecule has 482 valence electrons. The third-order valence-electron chi connectivity index (χ3n) is 16.2. The fourth-order valence-corrected chi connectivity index (χ4v) is 10.7. The molecule has 0 amide bonds. The average molecular weight is 1160 g/mol. The fourth-order valence-electron chi connectivity index (χ4n) is 10.7. The first-order valence-electron chi connectivity index (χ1n) is 36.4. The first-order valence-corrected chi connectivity index (χ1v) is 36.4. The Bertz CT molecular complexity index is 1520. The van der Waals surface area contributed by atoms with Gasteiger partial charge in [0.05, 0.1) is 0 Å². The second-order valence-electron chi connectivity index (χ2n) is 24.5. The number of unbranched alkanes of at least 4 members (excludes halogenated alkanes) is 44. The second kappa shape index (κ2) is 71.3. The second-order valence-corrected chi connectivity index (χ2v) is 24.5. The van der Waals surface area contributed by atoms with E-state index in [4.69, 9.17) is 14.2 Å². The quantitative estimate of drug-likeness (QED) is 0.0261. The molecule has 0 saturated heterocycles. The van der Waals surface area contributed by atoms with E-state index in [-0.39, 0.29) is 31.1 Å². The first-order chi connectivity index (χ1) is 41.0. The van der Waals surface area contributed by atoms with E-state index in [1.807, 2.05) is 0 Å². The molecule has 0 saturated carbocycles. The number of hydrogen-bond donors (Lipinski definition) is 0. The Morgan fingerprint density at radius 2 is 0.482 bits per heavy atom.